The summed E-state index contributed by atoms with van der Waals surface area (Å²) in [5.41, 5.74) is 0. The van der Waals surface area contributed by atoms with Crippen molar-refractivity contribution in [2.45, 2.75) is 456 Å². The molecule has 0 bridgehead atoms. The lowest BCUT2D eigenvalue weighted by Crippen LogP contribution is -2.65. The smallest absolute Gasteiger partial charge is 0.306 e. The lowest BCUT2D eigenvalue weighted by molar-refractivity contribution is -0.345. The van der Waals surface area contributed by atoms with E-state index in [1.54, 1.807) is 0 Å². The SMILES string of the molecule is CCCCCCCCC(CCCCCCCCC(=O)O[C@H]([C@@H](OC(=O)CCCCCCCCC(CCCCCCCC)[C@@H]1O[C@H](CO)[C@@H](O)[C@H](O)[C@@H]1O)[C@@H](O)COC(=O)CCCCCCCCC(CCCCCCCC)[C@@H]1O[C@H](CO)[C@@H](O)[C@H](O)[C@@H]1O[C@@H]1O[C@H](CO)[C@@H](O)[C@H](O)[C@@H]1O)[C@@H](O)CO)[C@@H]1O[C@H](CO)[C@@H](O)[C@H](O)[C@@H]1O. The molecule has 0 aromatic heterocycles. The molecule has 0 saturated carbocycles. The molecule has 0 radical (unpaired) electrons. The number of esters is 3. The van der Waals surface area contributed by atoms with Gasteiger partial charge in [0.25, 0.3) is 0 Å². The van der Waals surface area contributed by atoms with E-state index in [1.165, 1.54) is 0 Å². The Morgan fingerprint density at radius 1 is 0.301 bits per heavy atom. The summed E-state index contributed by atoms with van der Waals surface area (Å²) < 4.78 is 47.2. The first-order valence-electron chi connectivity index (χ1n) is 44.2. The van der Waals surface area contributed by atoms with E-state index in [9.17, 15) is 106 Å². The summed E-state index contributed by atoms with van der Waals surface area (Å²) in [4.78, 5) is 40.7. The van der Waals surface area contributed by atoms with Crippen molar-refractivity contribution in [3.8, 4) is 0 Å². The number of hydrogen-bond donors (Lipinski definition) is 18. The second kappa shape index (κ2) is 60.1. The molecular weight excluding hydrogens is 1470 g/mol. The minimum Gasteiger partial charge on any atom is -0.463 e. The van der Waals surface area contributed by atoms with E-state index in [4.69, 9.17) is 37.9 Å². The van der Waals surface area contributed by atoms with Gasteiger partial charge < -0.3 is 130 Å². The molecule has 0 aliphatic carbocycles. The van der Waals surface area contributed by atoms with Gasteiger partial charge in [-0.3, -0.25) is 14.4 Å². The van der Waals surface area contributed by atoms with E-state index in [0.29, 0.717) is 70.6 Å². The maximum absolute atomic E-state index is 13.7. The molecule has 0 spiro atoms. The molecule has 4 heterocycles. The summed E-state index contributed by atoms with van der Waals surface area (Å²) in [6, 6.07) is 0. The fourth-order valence-corrected chi connectivity index (χ4v) is 16.8. The summed E-state index contributed by atoms with van der Waals surface area (Å²) in [7, 11) is 0. The first kappa shape index (κ1) is 103. The molecule has 0 aromatic rings. The maximum atomic E-state index is 13.7. The van der Waals surface area contributed by atoms with Gasteiger partial charge in [-0.25, -0.2) is 0 Å². The third-order valence-corrected chi connectivity index (χ3v) is 23.9. The number of ether oxygens (including phenoxy) is 8. The lowest BCUT2D eigenvalue weighted by Gasteiger charge is -2.48. The Kier molecular flexibility index (Phi) is 54.7. The van der Waals surface area contributed by atoms with Gasteiger partial charge in [0.05, 0.1) is 51.3 Å². The van der Waals surface area contributed by atoms with Crippen LogP contribution in [0.2, 0.25) is 0 Å². The number of carbonyl (C=O) groups excluding carboxylic acids is 3. The van der Waals surface area contributed by atoms with E-state index in [2.05, 4.69) is 20.8 Å². The second-order valence-corrected chi connectivity index (χ2v) is 33.0. The summed E-state index contributed by atoms with van der Waals surface area (Å²) in [6.45, 7) is 2.48. The van der Waals surface area contributed by atoms with Gasteiger partial charge in [-0.05, 0) is 75.5 Å². The Balaban J connectivity index is 1.35. The van der Waals surface area contributed by atoms with Crippen molar-refractivity contribution in [1.82, 2.24) is 0 Å². The Hall–Kier alpha value is -2.51. The van der Waals surface area contributed by atoms with Crippen LogP contribution in [-0.4, -0.2) is 296 Å². The summed E-state index contributed by atoms with van der Waals surface area (Å²) >= 11 is 0. The van der Waals surface area contributed by atoms with Crippen LogP contribution in [0, 0.1) is 17.8 Å². The topological polar surface area (TPSA) is 489 Å². The molecule has 666 valence electrons. The Bertz CT molecular complexity index is 2380. The zero-order chi connectivity index (χ0) is 83.0. The molecule has 27 atom stereocenters. The molecule has 113 heavy (non-hydrogen) atoms. The van der Waals surface area contributed by atoms with Gasteiger partial charge in [-0.15, -0.1) is 0 Å². The fourth-order valence-electron chi connectivity index (χ4n) is 16.8. The molecule has 18 N–H and O–H groups in total. The van der Waals surface area contributed by atoms with Crippen molar-refractivity contribution >= 4 is 17.9 Å². The van der Waals surface area contributed by atoms with E-state index >= 15 is 0 Å². The van der Waals surface area contributed by atoms with E-state index in [1.807, 2.05) is 0 Å². The number of rotatable bonds is 65. The van der Waals surface area contributed by atoms with Crippen LogP contribution in [0.1, 0.15) is 310 Å². The van der Waals surface area contributed by atoms with Crippen LogP contribution in [0.5, 0.6) is 0 Å². The third kappa shape index (κ3) is 36.8. The highest BCUT2D eigenvalue weighted by Gasteiger charge is 2.53. The standard InChI is InChI=1S/C84H156O29/c1-4-7-10-13-22-31-40-55(78-75(103)71(99)67(95)60(50-86)107-78)42-33-25-17-20-29-38-47-65(93)111-81(58(90)49-85)82(112-66(94)48-39-30-21-18-26-34-43-56(41-32-23-14-11-8-5-2)79-76(104)72(100)68(96)61(51-87)108-79)59(91)54-106-64(92)46-37-28-19-16-27-36-45-57(44-35-24-15-12-9-6-3)80-83(74(102)70(98)62(52-88)109-80)113-84-77(105)73(101)69(97)63(53-89)110-84/h55-63,67-91,95-105H,4-54H2,1-3H3/t55?,56?,57?,58-,59-,60+,61+,62+,63+,67+,68+,69+,70+,71-,72-,73-,74-,75-,76-,77-,78-,79-,80-,81-,82-,83-,84-/m0/s1. The van der Waals surface area contributed by atoms with Crippen molar-refractivity contribution < 1.29 is 144 Å². The summed E-state index contributed by atoms with van der Waals surface area (Å²) in [6.07, 6.45) is 1.33. The number of aliphatic hydroxyl groups is 18. The third-order valence-electron chi connectivity index (χ3n) is 23.9. The molecule has 29 nitrogen and oxygen atoms in total. The van der Waals surface area contributed by atoms with E-state index in [-0.39, 0.29) is 37.0 Å². The average molecular weight is 1630 g/mol. The predicted molar refractivity (Wildman–Crippen MR) is 419 cm³/mol. The van der Waals surface area contributed by atoms with Crippen molar-refractivity contribution in [3.05, 3.63) is 0 Å². The largest absolute Gasteiger partial charge is 0.463 e. The van der Waals surface area contributed by atoms with Crippen molar-refractivity contribution in [2.75, 3.05) is 39.6 Å². The van der Waals surface area contributed by atoms with Crippen LogP contribution in [0.25, 0.3) is 0 Å². The van der Waals surface area contributed by atoms with Gasteiger partial charge in [0.15, 0.2) is 18.5 Å². The quantitative estimate of drug-likeness (QED) is 0.0192. The first-order valence-corrected chi connectivity index (χ1v) is 44.2. The highest BCUT2D eigenvalue weighted by Crippen LogP contribution is 2.39. The Morgan fingerprint density at radius 3 is 0.912 bits per heavy atom. The van der Waals surface area contributed by atoms with Crippen LogP contribution in [0.3, 0.4) is 0 Å². The molecule has 4 fully saturated rings. The summed E-state index contributed by atoms with van der Waals surface area (Å²) in [5.74, 6) is -2.75. The second-order valence-electron chi connectivity index (χ2n) is 33.0. The molecule has 4 rings (SSSR count). The average Bonchev–Trinajstić information content (AvgIpc) is 0.786. The highest BCUT2D eigenvalue weighted by atomic mass is 16.7. The molecular formula is C84H156O29. The Morgan fingerprint density at radius 2 is 0.575 bits per heavy atom. The highest BCUT2D eigenvalue weighted by molar-refractivity contribution is 5.71. The van der Waals surface area contributed by atoms with Gasteiger partial charge in [0.1, 0.15) is 116 Å². The predicted octanol–water partition coefficient (Wildman–Crippen LogP) is 5.88. The molecule has 3 unspecified atom stereocenters. The number of hydrogen-bond acceptors (Lipinski definition) is 29. The minimum absolute atomic E-state index is 0.0375. The molecule has 4 saturated heterocycles. The van der Waals surface area contributed by atoms with Gasteiger partial charge in [0, 0.05) is 19.3 Å². The zero-order valence-electron chi connectivity index (χ0n) is 68.7. The molecule has 0 aromatic carbocycles. The normalized spacial score (nSPS) is 30.1. The van der Waals surface area contributed by atoms with Crippen LogP contribution in [-0.2, 0) is 52.3 Å². The van der Waals surface area contributed by atoms with Crippen molar-refractivity contribution in [3.63, 3.8) is 0 Å². The van der Waals surface area contributed by atoms with E-state index in [0.717, 1.165) is 199 Å². The van der Waals surface area contributed by atoms with Crippen molar-refractivity contribution in [1.29, 1.82) is 0 Å². The lowest BCUT2D eigenvalue weighted by atomic mass is 9.82. The minimum atomic E-state index is -1.83. The van der Waals surface area contributed by atoms with Gasteiger partial charge in [0.2, 0.25) is 0 Å². The molecule has 0 amide bonds. The van der Waals surface area contributed by atoms with Gasteiger partial charge >= 0.3 is 17.9 Å². The molecule has 4 aliphatic heterocycles. The number of unbranched alkanes of at least 4 members (excludes halogenated alkanes) is 30. The van der Waals surface area contributed by atoms with Crippen LogP contribution < -0.4 is 0 Å². The summed E-state index contributed by atoms with van der Waals surface area (Å²) in [5, 5.41) is 192. The van der Waals surface area contributed by atoms with Crippen molar-refractivity contribution in [2.24, 2.45) is 17.8 Å². The van der Waals surface area contributed by atoms with Gasteiger partial charge in [-0.2, -0.15) is 0 Å². The fraction of sp³-hybridized carbons (Fsp3) is 0.964. The molecule has 29 heteroatoms. The monoisotopic (exact) mass is 1630 g/mol. The zero-order valence-corrected chi connectivity index (χ0v) is 68.7. The number of aliphatic hydroxyl groups excluding tert-OH is 18. The number of carbonyl (C=O) groups is 3. The first-order chi connectivity index (χ1) is 54.5. The Labute approximate surface area is 673 Å². The van der Waals surface area contributed by atoms with Crippen LogP contribution in [0.4, 0.5) is 0 Å². The molecule has 4 aliphatic rings. The van der Waals surface area contributed by atoms with Crippen LogP contribution >= 0.6 is 0 Å². The van der Waals surface area contributed by atoms with E-state index < -0.39 is 204 Å². The van der Waals surface area contributed by atoms with Gasteiger partial charge in [-0.1, -0.05) is 233 Å². The van der Waals surface area contributed by atoms with Crippen LogP contribution in [0.15, 0.2) is 0 Å². The maximum Gasteiger partial charge on any atom is 0.306 e.